The zero-order valence-corrected chi connectivity index (χ0v) is 26.4. The number of aliphatic hydroxyl groups is 1. The molecule has 1 aliphatic heterocycles. The van der Waals surface area contributed by atoms with E-state index in [4.69, 9.17) is 21.4 Å². The first-order chi connectivity index (χ1) is 20.3. The number of ether oxygens (including phenoxy) is 1. The summed E-state index contributed by atoms with van der Waals surface area (Å²) in [6.07, 6.45) is 7.20. The Kier molecular flexibility index (Phi) is 12.7. The van der Waals surface area contributed by atoms with Crippen molar-refractivity contribution >= 4 is 29.8 Å². The zero-order valence-electron chi connectivity index (χ0n) is 25.7. The van der Waals surface area contributed by atoms with Gasteiger partial charge in [0.1, 0.15) is 11.4 Å². The number of halogens is 2. The van der Waals surface area contributed by atoms with Gasteiger partial charge in [0, 0.05) is 37.7 Å². The van der Waals surface area contributed by atoms with Crippen molar-refractivity contribution in [2.75, 3.05) is 26.2 Å². The Bertz CT molecular complexity index is 1100. The number of urea groups is 1. The Labute approximate surface area is 259 Å². The van der Waals surface area contributed by atoms with Crippen molar-refractivity contribution in [3.05, 3.63) is 34.6 Å². The van der Waals surface area contributed by atoms with E-state index >= 15 is 4.39 Å². The van der Waals surface area contributed by atoms with Gasteiger partial charge < -0.3 is 25.2 Å². The molecule has 0 bridgehead atoms. The van der Waals surface area contributed by atoms with Gasteiger partial charge >= 0.3 is 18.2 Å². The van der Waals surface area contributed by atoms with Crippen LogP contribution in [0, 0.1) is 17.7 Å². The molecule has 242 valence electrons. The van der Waals surface area contributed by atoms with Crippen LogP contribution in [0.1, 0.15) is 97.0 Å². The summed E-state index contributed by atoms with van der Waals surface area (Å²) >= 11 is 6.08. The summed E-state index contributed by atoms with van der Waals surface area (Å²) < 4.78 is 20.7. The molecular weight excluding hydrogens is 579 g/mol. The molecule has 1 aromatic carbocycles. The molecule has 2 aliphatic rings. The number of piperidine rings is 1. The zero-order chi connectivity index (χ0) is 31.6. The van der Waals surface area contributed by atoms with Crippen LogP contribution < -0.4 is 10.7 Å². The van der Waals surface area contributed by atoms with Gasteiger partial charge in [-0.25, -0.2) is 29.2 Å². The molecule has 1 aromatic rings. The fourth-order valence-corrected chi connectivity index (χ4v) is 6.46. The molecule has 0 radical (unpaired) electrons. The lowest BCUT2D eigenvalue weighted by Gasteiger charge is -2.44. The maximum atomic E-state index is 15.3. The van der Waals surface area contributed by atoms with Crippen LogP contribution in [0.2, 0.25) is 5.02 Å². The Morgan fingerprint density at radius 3 is 2.51 bits per heavy atom. The van der Waals surface area contributed by atoms with Gasteiger partial charge in [0.05, 0.1) is 10.6 Å². The number of nitrogens with one attached hydrogen (secondary N) is 2. The molecule has 43 heavy (non-hydrogen) atoms. The first-order valence-corrected chi connectivity index (χ1v) is 15.9. The maximum Gasteiger partial charge on any atom is 0.426 e. The van der Waals surface area contributed by atoms with E-state index in [1.807, 2.05) is 0 Å². The monoisotopic (exact) mass is 626 g/mol. The quantitative estimate of drug-likeness (QED) is 0.170. The SMILES string of the molecule is CC(C)(C)OC(=O)NN(CCCC1CCCCC1)C(=O)N1CCCC(C(O)(CCCNC(=O)O)c2cccc(Cl)c2F)C1. The minimum Gasteiger partial charge on any atom is -0.465 e. The molecule has 4 N–H and O–H groups in total. The van der Waals surface area contributed by atoms with Gasteiger partial charge in [0.25, 0.3) is 0 Å². The van der Waals surface area contributed by atoms with Crippen molar-refractivity contribution in [3.63, 3.8) is 0 Å². The van der Waals surface area contributed by atoms with Gasteiger partial charge in [-0.2, -0.15) is 0 Å². The number of carbonyl (C=O) groups is 3. The fraction of sp³-hybridized carbons (Fsp3) is 0.710. The molecule has 1 saturated heterocycles. The Morgan fingerprint density at radius 1 is 1.12 bits per heavy atom. The average molecular weight is 627 g/mol. The summed E-state index contributed by atoms with van der Waals surface area (Å²) in [5, 5.41) is 24.5. The van der Waals surface area contributed by atoms with E-state index in [0.717, 1.165) is 12.8 Å². The standard InChI is InChI=1S/C31H48ClFN4O6/c1-30(2,3)43-28(40)35-37(20-8-13-22-11-5-4-6-12-22)29(41)36-19-9-14-23(21-36)31(42,17-10-18-34-27(38)39)24-15-7-16-25(32)26(24)33/h7,15-16,22-23,34,42H,4-6,8-14,17-21H2,1-3H3,(H,35,40)(H,38,39). The maximum absolute atomic E-state index is 15.3. The molecule has 12 heteroatoms. The number of carboxylic acid groups (broad SMARTS) is 1. The lowest BCUT2D eigenvalue weighted by molar-refractivity contribution is -0.0598. The van der Waals surface area contributed by atoms with Crippen molar-refractivity contribution in [2.45, 2.75) is 103 Å². The molecule has 2 fully saturated rings. The number of nitrogens with zero attached hydrogens (tertiary/aromatic N) is 2. The van der Waals surface area contributed by atoms with Crippen molar-refractivity contribution in [2.24, 2.45) is 11.8 Å². The summed E-state index contributed by atoms with van der Waals surface area (Å²) in [5.41, 5.74) is 0.203. The smallest absolute Gasteiger partial charge is 0.426 e. The molecule has 1 heterocycles. The number of carbonyl (C=O) groups excluding carboxylic acids is 2. The van der Waals surface area contributed by atoms with Gasteiger partial charge in [0.15, 0.2) is 0 Å². The molecule has 0 aromatic heterocycles. The van der Waals surface area contributed by atoms with Gasteiger partial charge in [-0.15, -0.1) is 0 Å². The van der Waals surface area contributed by atoms with Crippen molar-refractivity contribution in [3.8, 4) is 0 Å². The van der Waals surface area contributed by atoms with Crippen LogP contribution in [0.25, 0.3) is 0 Å². The minimum absolute atomic E-state index is 0.0193. The number of amides is 4. The summed E-state index contributed by atoms with van der Waals surface area (Å²) in [6, 6.07) is 4.03. The Morgan fingerprint density at radius 2 is 1.84 bits per heavy atom. The molecule has 2 atom stereocenters. The lowest BCUT2D eigenvalue weighted by Crippen LogP contribution is -2.57. The van der Waals surface area contributed by atoms with Crippen LogP contribution in [0.3, 0.4) is 0 Å². The molecule has 10 nitrogen and oxygen atoms in total. The molecular formula is C31H48ClFN4O6. The third-order valence-corrected chi connectivity index (χ3v) is 8.66. The van der Waals surface area contributed by atoms with E-state index in [2.05, 4.69) is 10.7 Å². The number of hydrogen-bond donors (Lipinski definition) is 4. The molecule has 1 saturated carbocycles. The highest BCUT2D eigenvalue weighted by Gasteiger charge is 2.43. The van der Waals surface area contributed by atoms with E-state index in [9.17, 15) is 19.5 Å². The van der Waals surface area contributed by atoms with Crippen molar-refractivity contribution in [1.29, 1.82) is 0 Å². The predicted molar refractivity (Wildman–Crippen MR) is 162 cm³/mol. The van der Waals surface area contributed by atoms with E-state index in [-0.39, 0.29) is 36.5 Å². The number of hydrogen-bond acceptors (Lipinski definition) is 5. The third-order valence-electron chi connectivity index (χ3n) is 8.37. The Hall–Kier alpha value is -2.79. The minimum atomic E-state index is -1.71. The van der Waals surface area contributed by atoms with Crippen LogP contribution in [-0.2, 0) is 10.3 Å². The highest BCUT2D eigenvalue weighted by Crippen LogP contribution is 2.41. The molecule has 3 rings (SSSR count). The van der Waals surface area contributed by atoms with Crippen LogP contribution in [-0.4, -0.2) is 70.1 Å². The summed E-state index contributed by atoms with van der Waals surface area (Å²) in [5.74, 6) is -0.685. The Balaban J connectivity index is 1.78. The van der Waals surface area contributed by atoms with Crippen LogP contribution in [0.5, 0.6) is 0 Å². The normalized spacial score (nSPS) is 19.3. The first kappa shape index (κ1) is 34.7. The van der Waals surface area contributed by atoms with Gasteiger partial charge in [0.2, 0.25) is 0 Å². The van der Waals surface area contributed by atoms with E-state index in [1.54, 1.807) is 31.7 Å². The van der Waals surface area contributed by atoms with E-state index < -0.39 is 41.2 Å². The topological polar surface area (TPSA) is 131 Å². The van der Waals surface area contributed by atoms with Gasteiger partial charge in [-0.05, 0) is 71.3 Å². The van der Waals surface area contributed by atoms with Crippen LogP contribution in [0.15, 0.2) is 18.2 Å². The number of likely N-dealkylation sites (tertiary alicyclic amines) is 1. The van der Waals surface area contributed by atoms with E-state index in [1.165, 1.54) is 49.2 Å². The molecule has 4 amide bonds. The highest BCUT2D eigenvalue weighted by molar-refractivity contribution is 6.30. The second-order valence-electron chi connectivity index (χ2n) is 12.8. The summed E-state index contributed by atoms with van der Waals surface area (Å²) in [7, 11) is 0. The predicted octanol–water partition coefficient (Wildman–Crippen LogP) is 6.65. The van der Waals surface area contributed by atoms with Crippen molar-refractivity contribution < 1.29 is 33.7 Å². The fourth-order valence-electron chi connectivity index (χ4n) is 6.29. The van der Waals surface area contributed by atoms with Gasteiger partial charge in [-0.1, -0.05) is 55.8 Å². The molecule has 0 spiro atoms. The second kappa shape index (κ2) is 15.8. The summed E-state index contributed by atoms with van der Waals surface area (Å²) in [4.78, 5) is 39.1. The largest absolute Gasteiger partial charge is 0.465 e. The third kappa shape index (κ3) is 10.4. The van der Waals surface area contributed by atoms with Crippen LogP contribution >= 0.6 is 11.6 Å². The van der Waals surface area contributed by atoms with Crippen LogP contribution in [0.4, 0.5) is 18.8 Å². The first-order valence-electron chi connectivity index (χ1n) is 15.5. The number of benzene rings is 1. The van der Waals surface area contributed by atoms with Gasteiger partial charge in [-0.3, -0.25) is 0 Å². The highest BCUT2D eigenvalue weighted by atomic mass is 35.5. The molecule has 2 unspecified atom stereocenters. The molecule has 1 aliphatic carbocycles. The lowest BCUT2D eigenvalue weighted by atomic mass is 9.74. The summed E-state index contributed by atoms with van der Waals surface area (Å²) in [6.45, 7) is 6.14. The number of hydrazine groups is 1. The number of rotatable bonds is 10. The van der Waals surface area contributed by atoms with E-state index in [0.29, 0.717) is 31.8 Å². The average Bonchev–Trinajstić information content (AvgIpc) is 2.95. The second-order valence-corrected chi connectivity index (χ2v) is 13.2. The van der Waals surface area contributed by atoms with Crippen molar-refractivity contribution in [1.82, 2.24) is 20.7 Å².